The monoisotopic (exact) mass is 367 g/mol. The average molecular weight is 367 g/mol. The maximum Gasteiger partial charge on any atom is 0.220 e. The Morgan fingerprint density at radius 3 is 2.38 bits per heavy atom. The third kappa shape index (κ3) is 6.87. The Labute approximate surface area is 159 Å². The number of hydrogen-bond acceptors (Lipinski definition) is 5. The molecule has 0 aromatic rings. The number of rotatable bonds is 9. The molecule has 148 valence electrons. The zero-order valence-corrected chi connectivity index (χ0v) is 17.2. The van der Waals surface area contributed by atoms with Crippen molar-refractivity contribution in [2.24, 2.45) is 5.92 Å². The van der Waals surface area contributed by atoms with Crippen molar-refractivity contribution in [2.45, 2.75) is 89.5 Å². The number of carbonyl (C=O) groups is 1. The molecule has 2 saturated heterocycles. The van der Waals surface area contributed by atoms with E-state index in [0.29, 0.717) is 19.6 Å². The second-order valence-corrected chi connectivity index (χ2v) is 8.32. The van der Waals surface area contributed by atoms with Gasteiger partial charge in [0.15, 0.2) is 0 Å². The summed E-state index contributed by atoms with van der Waals surface area (Å²) in [5.74, 6) is 0.253. The first-order valence-electron chi connectivity index (χ1n) is 10.1. The summed E-state index contributed by atoms with van der Waals surface area (Å²) in [6.45, 7) is 9.12. The SMILES string of the molecule is BC1CC(CC(=O)NCC2OC(B)CC2OC(C)C)C(COC(C)C)O1. The molecule has 1 amide bonds. The van der Waals surface area contributed by atoms with Gasteiger partial charge in [0.2, 0.25) is 5.91 Å². The van der Waals surface area contributed by atoms with Gasteiger partial charge in [0.25, 0.3) is 0 Å². The van der Waals surface area contributed by atoms with Crippen LogP contribution < -0.4 is 5.32 Å². The molecule has 0 aromatic carbocycles. The third-order valence-electron chi connectivity index (χ3n) is 4.94. The largest absolute Gasteiger partial charge is 0.381 e. The lowest BCUT2D eigenvalue weighted by atomic mass is 9.89. The lowest BCUT2D eigenvalue weighted by Crippen LogP contribution is -2.40. The smallest absolute Gasteiger partial charge is 0.220 e. The molecule has 1 N–H and O–H groups in total. The zero-order chi connectivity index (χ0) is 19.3. The van der Waals surface area contributed by atoms with Crippen LogP contribution in [0.2, 0.25) is 0 Å². The van der Waals surface area contributed by atoms with Crippen molar-refractivity contribution in [3.8, 4) is 0 Å². The summed E-state index contributed by atoms with van der Waals surface area (Å²) >= 11 is 0. The van der Waals surface area contributed by atoms with Crippen molar-refractivity contribution in [3.63, 3.8) is 0 Å². The van der Waals surface area contributed by atoms with Crippen LogP contribution in [-0.4, -0.2) is 77.3 Å². The first-order valence-corrected chi connectivity index (χ1v) is 10.1. The number of amides is 1. The van der Waals surface area contributed by atoms with Crippen LogP contribution in [0.4, 0.5) is 0 Å². The van der Waals surface area contributed by atoms with E-state index in [0.717, 1.165) is 12.8 Å². The summed E-state index contributed by atoms with van der Waals surface area (Å²) in [6, 6.07) is 0.346. The predicted molar refractivity (Wildman–Crippen MR) is 106 cm³/mol. The summed E-state index contributed by atoms with van der Waals surface area (Å²) < 4.78 is 23.5. The Morgan fingerprint density at radius 1 is 1.08 bits per heavy atom. The van der Waals surface area contributed by atoms with Crippen LogP contribution in [0, 0.1) is 5.92 Å². The van der Waals surface area contributed by atoms with E-state index in [9.17, 15) is 4.79 Å². The summed E-state index contributed by atoms with van der Waals surface area (Å²) in [4.78, 5) is 12.5. The molecule has 26 heavy (non-hydrogen) atoms. The van der Waals surface area contributed by atoms with Crippen LogP contribution >= 0.6 is 0 Å². The average Bonchev–Trinajstić information content (AvgIpc) is 3.04. The minimum atomic E-state index is -0.0739. The van der Waals surface area contributed by atoms with E-state index in [2.05, 4.69) is 21.0 Å². The molecule has 0 radical (unpaired) electrons. The molecule has 8 heteroatoms. The highest BCUT2D eigenvalue weighted by Gasteiger charge is 2.36. The topological polar surface area (TPSA) is 66.0 Å². The van der Waals surface area contributed by atoms with Crippen molar-refractivity contribution in [2.75, 3.05) is 13.2 Å². The van der Waals surface area contributed by atoms with Gasteiger partial charge in [0.1, 0.15) is 21.8 Å². The molecule has 2 aliphatic heterocycles. The Bertz CT molecular complexity index is 451. The van der Waals surface area contributed by atoms with E-state index in [4.69, 9.17) is 18.9 Å². The van der Waals surface area contributed by atoms with Gasteiger partial charge >= 0.3 is 0 Å². The number of nitrogens with one attached hydrogen (secondary N) is 1. The minimum Gasteiger partial charge on any atom is -0.381 e. The molecule has 6 unspecified atom stereocenters. The second-order valence-electron chi connectivity index (χ2n) is 8.32. The van der Waals surface area contributed by atoms with Crippen molar-refractivity contribution in [1.82, 2.24) is 5.32 Å². The van der Waals surface area contributed by atoms with Gasteiger partial charge in [-0.2, -0.15) is 0 Å². The molecule has 0 saturated carbocycles. The Kier molecular flexibility index (Phi) is 8.45. The van der Waals surface area contributed by atoms with Crippen LogP contribution in [0.3, 0.4) is 0 Å². The fraction of sp³-hybridized carbons (Fsp3) is 0.944. The lowest BCUT2D eigenvalue weighted by molar-refractivity contribution is -0.124. The van der Waals surface area contributed by atoms with Gasteiger partial charge in [0.05, 0.1) is 31.0 Å². The molecule has 2 fully saturated rings. The zero-order valence-electron chi connectivity index (χ0n) is 17.2. The normalized spacial score (nSPS) is 34.7. The van der Waals surface area contributed by atoms with Gasteiger partial charge in [-0.05, 0) is 46.5 Å². The molecule has 0 aliphatic carbocycles. The van der Waals surface area contributed by atoms with Crippen molar-refractivity contribution in [3.05, 3.63) is 0 Å². The van der Waals surface area contributed by atoms with Crippen LogP contribution in [0.1, 0.15) is 47.0 Å². The highest BCUT2D eigenvalue weighted by molar-refractivity contribution is 6.11. The molecular formula is C18H35B2NO5. The third-order valence-corrected chi connectivity index (χ3v) is 4.94. The quantitative estimate of drug-likeness (QED) is 0.573. The predicted octanol–water partition coefficient (Wildman–Crippen LogP) is -0.176. The maximum atomic E-state index is 12.5. The van der Waals surface area contributed by atoms with Crippen LogP contribution in [0.15, 0.2) is 0 Å². The van der Waals surface area contributed by atoms with Gasteiger partial charge < -0.3 is 24.3 Å². The lowest BCUT2D eigenvalue weighted by Gasteiger charge is -2.23. The maximum absolute atomic E-state index is 12.5. The number of ether oxygens (including phenoxy) is 4. The van der Waals surface area contributed by atoms with Gasteiger partial charge in [-0.1, -0.05) is 0 Å². The first kappa shape index (κ1) is 21.7. The molecule has 2 heterocycles. The van der Waals surface area contributed by atoms with Crippen LogP contribution in [-0.2, 0) is 23.7 Å². The summed E-state index contributed by atoms with van der Waals surface area (Å²) in [7, 11) is 4.11. The molecule has 2 rings (SSSR count). The minimum absolute atomic E-state index is 0.00192. The summed E-state index contributed by atoms with van der Waals surface area (Å²) in [5, 5.41) is 3.04. The van der Waals surface area contributed by atoms with Gasteiger partial charge in [0, 0.05) is 25.0 Å². The van der Waals surface area contributed by atoms with E-state index in [1.165, 1.54) is 0 Å². The molecule has 6 atom stereocenters. The standard InChI is InChI=1S/C18H35B2NO5/c1-10(2)23-9-15-12(5-16(19)26-15)6-18(22)21-8-14-13(24-11(3)4)7-17(20)25-14/h10-17H,5-9,19-20H2,1-4H3,(H,21,22). The first-order chi connectivity index (χ1) is 12.2. The fourth-order valence-electron chi connectivity index (χ4n) is 3.84. The Hall–Kier alpha value is -0.560. The molecule has 0 bridgehead atoms. The van der Waals surface area contributed by atoms with E-state index in [1.54, 1.807) is 0 Å². The van der Waals surface area contributed by atoms with Crippen molar-refractivity contribution in [1.29, 1.82) is 0 Å². The van der Waals surface area contributed by atoms with Crippen molar-refractivity contribution >= 4 is 21.6 Å². The van der Waals surface area contributed by atoms with E-state index >= 15 is 0 Å². The summed E-state index contributed by atoms with van der Waals surface area (Å²) in [6.07, 6.45) is 2.54. The van der Waals surface area contributed by atoms with E-state index in [-0.39, 0.29) is 54.4 Å². The second kappa shape index (κ2) is 10.1. The van der Waals surface area contributed by atoms with Crippen LogP contribution in [0.25, 0.3) is 0 Å². The molecule has 0 spiro atoms. The highest BCUT2D eigenvalue weighted by atomic mass is 16.6. The summed E-state index contributed by atoms with van der Waals surface area (Å²) in [5.41, 5.74) is 0. The van der Waals surface area contributed by atoms with E-state index in [1.807, 2.05) is 27.7 Å². The molecule has 6 nitrogen and oxygen atoms in total. The fourth-order valence-corrected chi connectivity index (χ4v) is 3.84. The molecule has 0 aromatic heterocycles. The Morgan fingerprint density at radius 2 is 1.73 bits per heavy atom. The molecule has 2 aliphatic rings. The molecular weight excluding hydrogens is 332 g/mol. The van der Waals surface area contributed by atoms with Gasteiger partial charge in [-0.15, -0.1) is 0 Å². The number of carbonyl (C=O) groups excluding carboxylic acids is 1. The number of hydrogen-bond donors (Lipinski definition) is 1. The highest BCUT2D eigenvalue weighted by Crippen LogP contribution is 2.28. The van der Waals surface area contributed by atoms with E-state index < -0.39 is 0 Å². The van der Waals surface area contributed by atoms with Crippen molar-refractivity contribution < 1.29 is 23.7 Å². The van der Waals surface area contributed by atoms with Gasteiger partial charge in [-0.25, -0.2) is 0 Å². The van der Waals surface area contributed by atoms with Crippen LogP contribution in [0.5, 0.6) is 0 Å². The Balaban J connectivity index is 1.78. The van der Waals surface area contributed by atoms with Gasteiger partial charge in [-0.3, -0.25) is 4.79 Å².